The molecular formula is C9H12BrN3O2. The zero-order valence-electron chi connectivity index (χ0n) is 8.29. The van der Waals surface area contributed by atoms with E-state index >= 15 is 0 Å². The lowest BCUT2D eigenvalue weighted by atomic mass is 10.4. The Labute approximate surface area is 96.1 Å². The third kappa shape index (κ3) is 3.85. The normalized spacial score (nSPS) is 10.0. The molecule has 15 heavy (non-hydrogen) atoms. The molecule has 0 aliphatic carbocycles. The van der Waals surface area contributed by atoms with Gasteiger partial charge >= 0.3 is 0 Å². The van der Waals surface area contributed by atoms with E-state index in [0.29, 0.717) is 22.6 Å². The van der Waals surface area contributed by atoms with E-state index in [1.807, 2.05) is 6.92 Å². The van der Waals surface area contributed by atoms with E-state index in [0.717, 1.165) is 0 Å². The maximum Gasteiger partial charge on any atom is 0.251 e. The van der Waals surface area contributed by atoms with Gasteiger partial charge in [0, 0.05) is 6.61 Å². The number of aromatic nitrogens is 1. The minimum absolute atomic E-state index is 0.0228. The summed E-state index contributed by atoms with van der Waals surface area (Å²) in [5, 5.41) is 2.59. The highest BCUT2D eigenvalue weighted by Crippen LogP contribution is 2.21. The van der Waals surface area contributed by atoms with Gasteiger partial charge in [-0.15, -0.1) is 0 Å². The van der Waals surface area contributed by atoms with Crippen molar-refractivity contribution in [2.45, 2.75) is 6.92 Å². The van der Waals surface area contributed by atoms with Crippen LogP contribution in [-0.4, -0.2) is 24.1 Å². The van der Waals surface area contributed by atoms with Crippen LogP contribution in [0.3, 0.4) is 0 Å². The first-order valence-electron chi connectivity index (χ1n) is 4.42. The Bertz CT molecular complexity index is 357. The van der Waals surface area contributed by atoms with Crippen molar-refractivity contribution in [1.29, 1.82) is 0 Å². The Balaban J connectivity index is 2.60. The van der Waals surface area contributed by atoms with Crippen molar-refractivity contribution in [3.63, 3.8) is 0 Å². The summed E-state index contributed by atoms with van der Waals surface area (Å²) in [5.74, 6) is 0.198. The average Bonchev–Trinajstić information content (AvgIpc) is 2.19. The van der Waals surface area contributed by atoms with Crippen molar-refractivity contribution in [1.82, 2.24) is 4.98 Å². The fourth-order valence-corrected chi connectivity index (χ4v) is 1.37. The molecule has 0 aromatic carbocycles. The van der Waals surface area contributed by atoms with Crippen LogP contribution < -0.4 is 11.1 Å². The molecule has 5 nitrogen and oxygen atoms in total. The van der Waals surface area contributed by atoms with Crippen LogP contribution in [0.2, 0.25) is 0 Å². The zero-order valence-corrected chi connectivity index (χ0v) is 9.87. The number of nitrogens with one attached hydrogen (secondary N) is 1. The molecule has 0 saturated heterocycles. The van der Waals surface area contributed by atoms with Crippen molar-refractivity contribution >= 4 is 33.3 Å². The molecule has 1 aromatic rings. The molecule has 0 unspecified atom stereocenters. The van der Waals surface area contributed by atoms with Crippen molar-refractivity contribution in [3.05, 3.63) is 16.7 Å². The number of amides is 1. The lowest BCUT2D eigenvalue weighted by Gasteiger charge is -2.06. The van der Waals surface area contributed by atoms with Crippen LogP contribution in [0.25, 0.3) is 0 Å². The number of carbonyl (C=O) groups excluding carboxylic acids is 1. The Hall–Kier alpha value is -1.14. The molecule has 1 aromatic heterocycles. The monoisotopic (exact) mass is 273 g/mol. The first-order chi connectivity index (χ1) is 7.13. The van der Waals surface area contributed by atoms with Gasteiger partial charge in [-0.25, -0.2) is 4.98 Å². The summed E-state index contributed by atoms with van der Waals surface area (Å²) in [6, 6.07) is 1.67. The van der Waals surface area contributed by atoms with Crippen molar-refractivity contribution < 1.29 is 9.53 Å². The summed E-state index contributed by atoms with van der Waals surface area (Å²) < 4.78 is 5.60. The van der Waals surface area contributed by atoms with Gasteiger partial charge in [0.1, 0.15) is 12.4 Å². The number of pyridine rings is 1. The molecule has 6 heteroatoms. The second kappa shape index (κ2) is 5.67. The Kier molecular flexibility index (Phi) is 4.51. The van der Waals surface area contributed by atoms with Crippen molar-refractivity contribution in [2.24, 2.45) is 0 Å². The molecule has 0 atom stereocenters. The number of ether oxygens (including phenoxy) is 1. The Morgan fingerprint density at radius 3 is 3.07 bits per heavy atom. The van der Waals surface area contributed by atoms with E-state index in [1.54, 1.807) is 6.07 Å². The van der Waals surface area contributed by atoms with Crippen LogP contribution in [0.15, 0.2) is 16.7 Å². The molecule has 1 heterocycles. The molecule has 0 aliphatic heterocycles. The number of hydrogen-bond acceptors (Lipinski definition) is 4. The van der Waals surface area contributed by atoms with Crippen LogP contribution in [0.5, 0.6) is 0 Å². The molecule has 0 aliphatic rings. The largest absolute Gasteiger partial charge is 0.397 e. The molecule has 0 radical (unpaired) electrons. The van der Waals surface area contributed by atoms with E-state index < -0.39 is 0 Å². The molecule has 1 rings (SSSR count). The number of anilines is 2. The molecule has 0 fully saturated rings. The average molecular weight is 274 g/mol. The smallest absolute Gasteiger partial charge is 0.251 e. The van der Waals surface area contributed by atoms with Gasteiger partial charge in [0.2, 0.25) is 0 Å². The highest BCUT2D eigenvalue weighted by molar-refractivity contribution is 9.10. The maximum atomic E-state index is 11.3. The minimum Gasteiger partial charge on any atom is -0.397 e. The van der Waals surface area contributed by atoms with Gasteiger partial charge in [-0.2, -0.15) is 0 Å². The highest BCUT2D eigenvalue weighted by atomic mass is 79.9. The number of halogens is 1. The molecule has 0 saturated carbocycles. The molecular weight excluding hydrogens is 262 g/mol. The van der Waals surface area contributed by atoms with Gasteiger partial charge in [0.05, 0.1) is 16.4 Å². The third-order valence-corrected chi connectivity index (χ3v) is 2.16. The standard InChI is InChI=1S/C9H12BrN3O2/c1-2-15-5-8(14)13-9-7(10)3-6(11)4-12-9/h3-4H,2,5,11H2,1H3,(H,12,13,14). The number of rotatable bonds is 4. The Morgan fingerprint density at radius 2 is 2.47 bits per heavy atom. The van der Waals surface area contributed by atoms with E-state index in [-0.39, 0.29) is 12.5 Å². The first kappa shape index (κ1) is 11.9. The second-order valence-corrected chi connectivity index (χ2v) is 3.64. The van der Waals surface area contributed by atoms with Crippen LogP contribution in [-0.2, 0) is 9.53 Å². The Morgan fingerprint density at radius 1 is 1.73 bits per heavy atom. The van der Waals surface area contributed by atoms with Gasteiger partial charge in [-0.3, -0.25) is 4.79 Å². The summed E-state index contributed by atoms with van der Waals surface area (Å²) in [5.41, 5.74) is 6.04. The van der Waals surface area contributed by atoms with E-state index in [4.69, 9.17) is 10.5 Å². The summed E-state index contributed by atoms with van der Waals surface area (Å²) >= 11 is 3.25. The second-order valence-electron chi connectivity index (χ2n) is 2.78. The van der Waals surface area contributed by atoms with Crippen LogP contribution in [0.1, 0.15) is 6.92 Å². The molecule has 82 valence electrons. The van der Waals surface area contributed by atoms with Crippen LogP contribution in [0, 0.1) is 0 Å². The number of nitrogens with two attached hydrogens (primary N) is 1. The minimum atomic E-state index is -0.241. The van der Waals surface area contributed by atoms with Crippen molar-refractivity contribution in [2.75, 3.05) is 24.3 Å². The van der Waals surface area contributed by atoms with E-state index in [9.17, 15) is 4.79 Å². The van der Waals surface area contributed by atoms with Gasteiger partial charge in [-0.05, 0) is 28.9 Å². The number of carbonyl (C=O) groups is 1. The number of nitrogen functional groups attached to an aromatic ring is 1. The maximum absolute atomic E-state index is 11.3. The highest BCUT2D eigenvalue weighted by Gasteiger charge is 2.06. The van der Waals surface area contributed by atoms with Gasteiger partial charge in [0.15, 0.2) is 0 Å². The topological polar surface area (TPSA) is 77.2 Å². The molecule has 1 amide bonds. The number of hydrogen-bond donors (Lipinski definition) is 2. The fraction of sp³-hybridized carbons (Fsp3) is 0.333. The third-order valence-electron chi connectivity index (χ3n) is 1.56. The first-order valence-corrected chi connectivity index (χ1v) is 5.21. The molecule has 0 spiro atoms. The van der Waals surface area contributed by atoms with Gasteiger partial charge < -0.3 is 15.8 Å². The summed E-state index contributed by atoms with van der Waals surface area (Å²) in [6.45, 7) is 2.35. The van der Waals surface area contributed by atoms with E-state index in [1.165, 1.54) is 6.20 Å². The summed E-state index contributed by atoms with van der Waals surface area (Å²) in [7, 11) is 0. The van der Waals surface area contributed by atoms with E-state index in [2.05, 4.69) is 26.2 Å². The number of nitrogens with zero attached hydrogens (tertiary/aromatic N) is 1. The quantitative estimate of drug-likeness (QED) is 0.870. The summed E-state index contributed by atoms with van der Waals surface area (Å²) in [6.07, 6.45) is 1.47. The predicted octanol–water partition coefficient (Wildman–Crippen LogP) is 1.40. The lowest BCUT2D eigenvalue weighted by molar-refractivity contribution is -0.120. The fourth-order valence-electron chi connectivity index (χ4n) is 0.908. The summed E-state index contributed by atoms with van der Waals surface area (Å²) in [4.78, 5) is 15.2. The lowest BCUT2D eigenvalue weighted by Crippen LogP contribution is -2.19. The van der Waals surface area contributed by atoms with Gasteiger partial charge in [0.25, 0.3) is 5.91 Å². The molecule has 0 bridgehead atoms. The molecule has 3 N–H and O–H groups in total. The van der Waals surface area contributed by atoms with Crippen LogP contribution in [0.4, 0.5) is 11.5 Å². The SMILES string of the molecule is CCOCC(=O)Nc1ncc(N)cc1Br. The predicted molar refractivity (Wildman–Crippen MR) is 61.5 cm³/mol. The van der Waals surface area contributed by atoms with Gasteiger partial charge in [-0.1, -0.05) is 0 Å². The van der Waals surface area contributed by atoms with Crippen LogP contribution >= 0.6 is 15.9 Å². The van der Waals surface area contributed by atoms with Crippen molar-refractivity contribution in [3.8, 4) is 0 Å². The zero-order chi connectivity index (χ0) is 11.3.